The molecule has 2 N–H and O–H groups in total. The summed E-state index contributed by atoms with van der Waals surface area (Å²) in [5.74, 6) is -0.485. The normalized spacial score (nSPS) is 13.0. The van der Waals surface area contributed by atoms with Gasteiger partial charge in [0.2, 0.25) is 0 Å². The Morgan fingerprint density at radius 2 is 1.11 bits per heavy atom. The molecule has 0 bridgehead atoms. The van der Waals surface area contributed by atoms with Gasteiger partial charge in [-0.15, -0.1) is 0 Å². The van der Waals surface area contributed by atoms with Crippen molar-refractivity contribution in [3.05, 3.63) is 0 Å². The number of ketones is 1. The monoisotopic (exact) mass is 406 g/mol. The van der Waals surface area contributed by atoms with E-state index in [1.54, 1.807) is 0 Å². The molecule has 5 nitrogen and oxygen atoms in total. The molecule has 1 atom stereocenters. The number of carbonyl (C=O) groups excluding carboxylic acids is 1. The van der Waals surface area contributed by atoms with Crippen molar-refractivity contribution >= 4 is 15.9 Å². The van der Waals surface area contributed by atoms with Gasteiger partial charge in [-0.05, 0) is 12.8 Å². The van der Waals surface area contributed by atoms with Crippen LogP contribution in [-0.2, 0) is 14.9 Å². The average molecular weight is 407 g/mol. The first kappa shape index (κ1) is 26.5. The summed E-state index contributed by atoms with van der Waals surface area (Å²) in [6.07, 6.45) is 18.4. The average Bonchev–Trinajstić information content (AvgIpc) is 2.61. The summed E-state index contributed by atoms with van der Waals surface area (Å²) in [6, 6.07) is 0. The minimum atomic E-state index is -4.41. The predicted molar refractivity (Wildman–Crippen MR) is 112 cm³/mol. The van der Waals surface area contributed by atoms with Gasteiger partial charge in [-0.3, -0.25) is 9.35 Å². The van der Waals surface area contributed by atoms with Crippen LogP contribution < -0.4 is 0 Å². The second-order valence-corrected chi connectivity index (χ2v) is 9.28. The zero-order valence-corrected chi connectivity index (χ0v) is 18.1. The number of Topliss-reactive ketones (excluding diaryl/α,β-unsaturated/α-hetero) is 1. The lowest BCUT2D eigenvalue weighted by atomic mass is 10.0. The highest BCUT2D eigenvalue weighted by Crippen LogP contribution is 2.15. The highest BCUT2D eigenvalue weighted by molar-refractivity contribution is 7.87. The van der Waals surface area contributed by atoms with E-state index < -0.39 is 27.8 Å². The predicted octanol–water partition coefficient (Wildman–Crippen LogP) is 5.46. The Morgan fingerprint density at radius 3 is 1.44 bits per heavy atom. The molecule has 0 aromatic rings. The first-order valence-electron chi connectivity index (χ1n) is 11.0. The fourth-order valence-electron chi connectivity index (χ4n) is 3.42. The van der Waals surface area contributed by atoms with E-state index in [0.29, 0.717) is 6.42 Å². The Balaban J connectivity index is 3.46. The SMILES string of the molecule is CCCCCCCCCCCCCCCCCC(=O)C(CCO)S(=O)(=O)O. The summed E-state index contributed by atoms with van der Waals surface area (Å²) in [5, 5.41) is 7.36. The molecule has 0 heterocycles. The Hall–Kier alpha value is -0.460. The molecular weight excluding hydrogens is 364 g/mol. The Labute approximate surface area is 167 Å². The van der Waals surface area contributed by atoms with Crippen molar-refractivity contribution in [3.63, 3.8) is 0 Å². The second-order valence-electron chi connectivity index (χ2n) is 7.68. The quantitative estimate of drug-likeness (QED) is 0.207. The zero-order valence-electron chi connectivity index (χ0n) is 17.3. The van der Waals surface area contributed by atoms with Gasteiger partial charge in [0.1, 0.15) is 5.25 Å². The van der Waals surface area contributed by atoms with E-state index in [2.05, 4.69) is 6.92 Å². The van der Waals surface area contributed by atoms with Crippen molar-refractivity contribution in [2.24, 2.45) is 0 Å². The van der Waals surface area contributed by atoms with Gasteiger partial charge >= 0.3 is 0 Å². The molecule has 0 aliphatic heterocycles. The minimum absolute atomic E-state index is 0.155. The number of rotatable bonds is 20. The summed E-state index contributed by atoms with van der Waals surface area (Å²) >= 11 is 0. The molecular formula is C21H42O5S. The van der Waals surface area contributed by atoms with Crippen LogP contribution in [0.1, 0.15) is 116 Å². The van der Waals surface area contributed by atoms with Crippen molar-refractivity contribution in [2.75, 3.05) is 6.61 Å². The molecule has 0 fully saturated rings. The van der Waals surface area contributed by atoms with Gasteiger partial charge < -0.3 is 5.11 Å². The van der Waals surface area contributed by atoms with Crippen LogP contribution in [0.2, 0.25) is 0 Å². The van der Waals surface area contributed by atoms with Crippen LogP contribution in [0.15, 0.2) is 0 Å². The van der Waals surface area contributed by atoms with Crippen molar-refractivity contribution in [3.8, 4) is 0 Å². The molecule has 0 aromatic carbocycles. The van der Waals surface area contributed by atoms with E-state index in [-0.39, 0.29) is 12.8 Å². The maximum atomic E-state index is 11.9. The molecule has 0 saturated carbocycles. The Kier molecular flexibility index (Phi) is 17.3. The van der Waals surface area contributed by atoms with Crippen LogP contribution in [0.5, 0.6) is 0 Å². The topological polar surface area (TPSA) is 91.7 Å². The molecule has 0 amide bonds. The minimum Gasteiger partial charge on any atom is -0.396 e. The molecule has 0 aliphatic rings. The van der Waals surface area contributed by atoms with Gasteiger partial charge in [0, 0.05) is 13.0 Å². The largest absolute Gasteiger partial charge is 0.396 e. The van der Waals surface area contributed by atoms with Gasteiger partial charge in [-0.1, -0.05) is 96.8 Å². The molecule has 0 saturated heterocycles. The number of hydrogen-bond donors (Lipinski definition) is 2. The molecule has 0 aromatic heterocycles. The van der Waals surface area contributed by atoms with E-state index in [1.165, 1.54) is 70.6 Å². The molecule has 6 heteroatoms. The van der Waals surface area contributed by atoms with Crippen LogP contribution in [0.3, 0.4) is 0 Å². The summed E-state index contributed by atoms with van der Waals surface area (Å²) < 4.78 is 31.3. The van der Waals surface area contributed by atoms with E-state index in [0.717, 1.165) is 19.3 Å². The smallest absolute Gasteiger partial charge is 0.275 e. The second kappa shape index (κ2) is 17.6. The fourth-order valence-corrected chi connectivity index (χ4v) is 4.28. The standard InChI is InChI=1S/C21H42O5S/c1-2-3-4-5-6-7-8-9-10-11-12-13-14-15-16-17-20(23)21(18-19-22)27(24,25)26/h21-22H,2-19H2,1H3,(H,24,25,26). The van der Waals surface area contributed by atoms with Crippen LogP contribution in [0.4, 0.5) is 0 Å². The Morgan fingerprint density at radius 1 is 0.741 bits per heavy atom. The first-order valence-corrected chi connectivity index (χ1v) is 12.5. The van der Waals surface area contributed by atoms with E-state index in [1.807, 2.05) is 0 Å². The van der Waals surface area contributed by atoms with Crippen molar-refractivity contribution in [1.82, 2.24) is 0 Å². The third-order valence-electron chi connectivity index (χ3n) is 5.14. The van der Waals surface area contributed by atoms with Crippen LogP contribution >= 0.6 is 0 Å². The number of hydrogen-bond acceptors (Lipinski definition) is 4. The van der Waals surface area contributed by atoms with Crippen LogP contribution in [-0.4, -0.2) is 35.7 Å². The van der Waals surface area contributed by atoms with Crippen molar-refractivity contribution in [1.29, 1.82) is 0 Å². The third-order valence-corrected chi connectivity index (χ3v) is 6.35. The summed E-state index contributed by atoms with van der Waals surface area (Å²) in [4.78, 5) is 11.9. The lowest BCUT2D eigenvalue weighted by Gasteiger charge is -2.11. The lowest BCUT2D eigenvalue weighted by molar-refractivity contribution is -0.119. The first-order chi connectivity index (χ1) is 12.9. The van der Waals surface area contributed by atoms with Gasteiger partial charge in [0.25, 0.3) is 10.1 Å². The van der Waals surface area contributed by atoms with Crippen molar-refractivity contribution < 1.29 is 22.9 Å². The number of aliphatic hydroxyl groups is 1. The van der Waals surface area contributed by atoms with Crippen molar-refractivity contribution in [2.45, 2.75) is 121 Å². The zero-order chi connectivity index (χ0) is 20.4. The highest BCUT2D eigenvalue weighted by Gasteiger charge is 2.29. The maximum Gasteiger partial charge on any atom is 0.275 e. The van der Waals surface area contributed by atoms with Gasteiger partial charge in [0.05, 0.1) is 0 Å². The van der Waals surface area contributed by atoms with E-state index in [9.17, 15) is 13.2 Å². The molecule has 0 rings (SSSR count). The van der Waals surface area contributed by atoms with Crippen LogP contribution in [0.25, 0.3) is 0 Å². The van der Waals surface area contributed by atoms with E-state index >= 15 is 0 Å². The van der Waals surface area contributed by atoms with Gasteiger partial charge in [0.15, 0.2) is 5.78 Å². The molecule has 0 radical (unpaired) electrons. The molecule has 0 aliphatic carbocycles. The molecule has 0 spiro atoms. The number of unbranched alkanes of at least 4 members (excludes halogenated alkanes) is 14. The van der Waals surface area contributed by atoms with Gasteiger partial charge in [-0.25, -0.2) is 0 Å². The van der Waals surface area contributed by atoms with Gasteiger partial charge in [-0.2, -0.15) is 8.42 Å². The lowest BCUT2D eigenvalue weighted by Crippen LogP contribution is -2.30. The number of carbonyl (C=O) groups is 1. The molecule has 1 unspecified atom stereocenters. The molecule has 162 valence electrons. The highest BCUT2D eigenvalue weighted by atomic mass is 32.2. The fraction of sp³-hybridized carbons (Fsp3) is 0.952. The number of aliphatic hydroxyl groups excluding tert-OH is 1. The van der Waals surface area contributed by atoms with Crippen LogP contribution in [0, 0.1) is 0 Å². The third kappa shape index (κ3) is 16.2. The summed E-state index contributed by atoms with van der Waals surface area (Å²) in [5.41, 5.74) is 0. The Bertz CT molecular complexity index is 447. The molecule has 27 heavy (non-hydrogen) atoms. The summed E-state index contributed by atoms with van der Waals surface area (Å²) in [7, 11) is -4.41. The summed E-state index contributed by atoms with van der Waals surface area (Å²) in [6.45, 7) is 1.83. The maximum absolute atomic E-state index is 11.9. The van der Waals surface area contributed by atoms with E-state index in [4.69, 9.17) is 9.66 Å².